The number of esters is 1. The van der Waals surface area contributed by atoms with E-state index in [1.807, 2.05) is 12.1 Å². The highest BCUT2D eigenvalue weighted by atomic mass is 35.5. The van der Waals surface area contributed by atoms with Crippen molar-refractivity contribution >= 4 is 46.2 Å². The van der Waals surface area contributed by atoms with Crippen LogP contribution in [0.4, 0.5) is 0 Å². The van der Waals surface area contributed by atoms with Gasteiger partial charge < -0.3 is 9.84 Å². The van der Waals surface area contributed by atoms with Crippen LogP contribution in [-0.2, 0) is 9.53 Å². The van der Waals surface area contributed by atoms with Crippen LogP contribution in [-0.4, -0.2) is 23.2 Å². The standard InChI is InChI=1S/C19H13Cl2NO3/c1-25-19(24)17(23)10-11-5-7-15-12(9-11)6-8-16(22-15)18-13(20)3-2-4-14(18)21/h2-10,23H,1H3/b17-10-. The average Bonchev–Trinajstić information content (AvgIpc) is 2.60. The molecule has 1 N–H and O–H groups in total. The summed E-state index contributed by atoms with van der Waals surface area (Å²) in [5.74, 6) is -1.25. The Balaban J connectivity index is 2.04. The molecule has 0 aliphatic heterocycles. The fourth-order valence-corrected chi connectivity index (χ4v) is 3.03. The van der Waals surface area contributed by atoms with E-state index >= 15 is 0 Å². The zero-order valence-electron chi connectivity index (χ0n) is 13.2. The number of halogens is 2. The summed E-state index contributed by atoms with van der Waals surface area (Å²) in [6.07, 6.45) is 1.34. The number of rotatable bonds is 3. The maximum absolute atomic E-state index is 11.3. The number of methoxy groups -OCH3 is 1. The lowest BCUT2D eigenvalue weighted by Gasteiger charge is -2.08. The summed E-state index contributed by atoms with van der Waals surface area (Å²) in [5.41, 5.74) is 2.74. The third-order valence-electron chi connectivity index (χ3n) is 3.63. The van der Waals surface area contributed by atoms with Crippen molar-refractivity contribution < 1.29 is 14.6 Å². The van der Waals surface area contributed by atoms with Crippen LogP contribution in [0.1, 0.15) is 5.56 Å². The summed E-state index contributed by atoms with van der Waals surface area (Å²) >= 11 is 12.5. The fourth-order valence-electron chi connectivity index (χ4n) is 2.44. The zero-order valence-corrected chi connectivity index (χ0v) is 14.7. The van der Waals surface area contributed by atoms with Crippen LogP contribution < -0.4 is 0 Å². The van der Waals surface area contributed by atoms with Crippen LogP contribution in [0.25, 0.3) is 28.2 Å². The first-order valence-electron chi connectivity index (χ1n) is 7.34. The van der Waals surface area contributed by atoms with Crippen molar-refractivity contribution in [2.45, 2.75) is 0 Å². The quantitative estimate of drug-likeness (QED) is 0.385. The van der Waals surface area contributed by atoms with Crippen LogP contribution in [0.5, 0.6) is 0 Å². The van der Waals surface area contributed by atoms with E-state index in [1.165, 1.54) is 13.2 Å². The number of nitrogens with zero attached hydrogens (tertiary/aromatic N) is 1. The molecule has 0 atom stereocenters. The molecule has 0 saturated carbocycles. The molecule has 1 aromatic heterocycles. The molecule has 0 amide bonds. The van der Waals surface area contributed by atoms with Crippen molar-refractivity contribution in [1.29, 1.82) is 0 Å². The van der Waals surface area contributed by atoms with Crippen molar-refractivity contribution in [3.8, 4) is 11.3 Å². The molecule has 0 radical (unpaired) electrons. The number of pyridine rings is 1. The molecule has 0 fully saturated rings. The van der Waals surface area contributed by atoms with Gasteiger partial charge in [0.15, 0.2) is 0 Å². The van der Waals surface area contributed by atoms with Crippen LogP contribution >= 0.6 is 23.2 Å². The minimum absolute atomic E-state index is 0.464. The van der Waals surface area contributed by atoms with Gasteiger partial charge in [0.05, 0.1) is 28.4 Å². The van der Waals surface area contributed by atoms with E-state index in [4.69, 9.17) is 23.2 Å². The van der Waals surface area contributed by atoms with E-state index in [1.54, 1.807) is 36.4 Å². The van der Waals surface area contributed by atoms with Gasteiger partial charge >= 0.3 is 5.97 Å². The zero-order chi connectivity index (χ0) is 18.0. The Bertz CT molecular complexity index is 979. The SMILES string of the molecule is COC(=O)/C(O)=C/c1ccc2nc(-c3c(Cl)cccc3Cl)ccc2c1. The molecule has 0 aliphatic carbocycles. The van der Waals surface area contributed by atoms with Gasteiger partial charge in [0.2, 0.25) is 5.76 Å². The van der Waals surface area contributed by atoms with Crippen molar-refractivity contribution in [2.75, 3.05) is 7.11 Å². The highest BCUT2D eigenvalue weighted by Crippen LogP contribution is 2.34. The van der Waals surface area contributed by atoms with Crippen LogP contribution in [0.15, 0.2) is 54.3 Å². The minimum Gasteiger partial charge on any atom is -0.502 e. The highest BCUT2D eigenvalue weighted by molar-refractivity contribution is 6.39. The fraction of sp³-hybridized carbons (Fsp3) is 0.0526. The molecular formula is C19H13Cl2NO3. The lowest BCUT2D eigenvalue weighted by Crippen LogP contribution is -2.03. The highest BCUT2D eigenvalue weighted by Gasteiger charge is 2.11. The Labute approximate surface area is 154 Å². The Morgan fingerprint density at radius 1 is 1.12 bits per heavy atom. The van der Waals surface area contributed by atoms with Gasteiger partial charge in [-0.2, -0.15) is 0 Å². The number of carbonyl (C=O) groups excluding carboxylic acids is 1. The summed E-state index contributed by atoms with van der Waals surface area (Å²) in [5, 5.41) is 11.5. The predicted octanol–water partition coefficient (Wildman–Crippen LogP) is 5.28. The molecular weight excluding hydrogens is 361 g/mol. The van der Waals surface area contributed by atoms with Crippen molar-refractivity contribution in [2.24, 2.45) is 0 Å². The minimum atomic E-state index is -0.790. The van der Waals surface area contributed by atoms with Gasteiger partial charge in [-0.05, 0) is 42.0 Å². The second-order valence-electron chi connectivity index (χ2n) is 5.27. The molecule has 3 rings (SSSR count). The van der Waals surface area contributed by atoms with Crippen molar-refractivity contribution in [3.63, 3.8) is 0 Å². The number of carbonyl (C=O) groups is 1. The molecule has 0 bridgehead atoms. The van der Waals surface area contributed by atoms with Gasteiger partial charge in [0, 0.05) is 10.9 Å². The van der Waals surface area contributed by atoms with Crippen LogP contribution in [0.3, 0.4) is 0 Å². The van der Waals surface area contributed by atoms with E-state index in [2.05, 4.69) is 9.72 Å². The van der Waals surface area contributed by atoms with Crippen molar-refractivity contribution in [1.82, 2.24) is 4.98 Å². The predicted molar refractivity (Wildman–Crippen MR) is 99.8 cm³/mol. The maximum atomic E-state index is 11.3. The maximum Gasteiger partial charge on any atom is 0.373 e. The molecule has 126 valence electrons. The number of ether oxygens (including phenoxy) is 1. The summed E-state index contributed by atoms with van der Waals surface area (Å²) < 4.78 is 4.46. The van der Waals surface area contributed by atoms with E-state index in [0.717, 1.165) is 10.9 Å². The smallest absolute Gasteiger partial charge is 0.373 e. The third kappa shape index (κ3) is 3.60. The number of aliphatic hydroxyl groups excluding tert-OH is 1. The Hall–Kier alpha value is -2.56. The number of aliphatic hydroxyl groups is 1. The number of benzene rings is 2. The number of fused-ring (bicyclic) bond motifs is 1. The molecule has 0 spiro atoms. The number of hydrogen-bond donors (Lipinski definition) is 1. The van der Waals surface area contributed by atoms with Crippen LogP contribution in [0.2, 0.25) is 10.0 Å². The molecule has 0 unspecified atom stereocenters. The monoisotopic (exact) mass is 373 g/mol. The van der Waals surface area contributed by atoms with E-state index in [-0.39, 0.29) is 0 Å². The summed E-state index contributed by atoms with van der Waals surface area (Å²) in [6, 6.07) is 14.3. The number of aromatic nitrogens is 1. The summed E-state index contributed by atoms with van der Waals surface area (Å²) in [7, 11) is 1.21. The van der Waals surface area contributed by atoms with Gasteiger partial charge in [-0.1, -0.05) is 41.4 Å². The first-order chi connectivity index (χ1) is 12.0. The lowest BCUT2D eigenvalue weighted by atomic mass is 10.1. The summed E-state index contributed by atoms with van der Waals surface area (Å²) in [6.45, 7) is 0. The Morgan fingerprint density at radius 3 is 2.52 bits per heavy atom. The average molecular weight is 374 g/mol. The van der Waals surface area contributed by atoms with Gasteiger partial charge in [-0.25, -0.2) is 9.78 Å². The molecule has 3 aromatic rings. The summed E-state index contributed by atoms with van der Waals surface area (Å²) in [4.78, 5) is 15.9. The first kappa shape index (κ1) is 17.3. The van der Waals surface area contributed by atoms with E-state index < -0.39 is 11.7 Å². The second kappa shape index (κ2) is 7.13. The molecule has 6 heteroatoms. The van der Waals surface area contributed by atoms with Gasteiger partial charge in [-0.3, -0.25) is 0 Å². The molecule has 25 heavy (non-hydrogen) atoms. The lowest BCUT2D eigenvalue weighted by molar-refractivity contribution is -0.138. The molecule has 0 aliphatic rings. The first-order valence-corrected chi connectivity index (χ1v) is 8.09. The third-order valence-corrected chi connectivity index (χ3v) is 4.26. The molecule has 4 nitrogen and oxygen atoms in total. The topological polar surface area (TPSA) is 59.4 Å². The Kier molecular flexibility index (Phi) is 4.93. The molecule has 0 saturated heterocycles. The normalized spacial score (nSPS) is 11.6. The molecule has 1 heterocycles. The van der Waals surface area contributed by atoms with E-state index in [9.17, 15) is 9.90 Å². The number of hydrogen-bond acceptors (Lipinski definition) is 4. The second-order valence-corrected chi connectivity index (χ2v) is 6.08. The van der Waals surface area contributed by atoms with Crippen molar-refractivity contribution in [3.05, 3.63) is 69.9 Å². The molecule has 2 aromatic carbocycles. The van der Waals surface area contributed by atoms with Gasteiger partial charge in [0.1, 0.15) is 0 Å². The van der Waals surface area contributed by atoms with Gasteiger partial charge in [0.25, 0.3) is 0 Å². The van der Waals surface area contributed by atoms with Gasteiger partial charge in [-0.15, -0.1) is 0 Å². The van der Waals surface area contributed by atoms with E-state index in [0.29, 0.717) is 26.9 Å². The largest absolute Gasteiger partial charge is 0.502 e. The Morgan fingerprint density at radius 2 is 1.84 bits per heavy atom. The van der Waals surface area contributed by atoms with Crippen LogP contribution in [0, 0.1) is 0 Å².